The first-order valence-corrected chi connectivity index (χ1v) is 8.11. The van der Waals surface area contributed by atoms with Gasteiger partial charge in [0.15, 0.2) is 0 Å². The first-order chi connectivity index (χ1) is 13.0. The number of hydrogen-bond acceptors (Lipinski definition) is 2. The van der Waals surface area contributed by atoms with Crippen molar-refractivity contribution in [3.05, 3.63) is 95.3 Å². The maximum absolute atomic E-state index is 14.3. The van der Waals surface area contributed by atoms with Crippen LogP contribution in [0.3, 0.4) is 0 Å². The van der Waals surface area contributed by atoms with Gasteiger partial charge in [-0.2, -0.15) is 0 Å². The van der Waals surface area contributed by atoms with Crippen molar-refractivity contribution in [3.63, 3.8) is 0 Å². The topological polar surface area (TPSA) is 46.9 Å². The summed E-state index contributed by atoms with van der Waals surface area (Å²) in [5.41, 5.74) is -0.0993. The minimum Gasteiger partial charge on any atom is -0.338 e. The summed E-state index contributed by atoms with van der Waals surface area (Å²) >= 11 is 0. The molecule has 2 aromatic carbocycles. The van der Waals surface area contributed by atoms with Gasteiger partial charge in [0.1, 0.15) is 29.3 Å². The molecule has 1 N–H and O–H groups in total. The number of nitrogens with one attached hydrogen (secondary N) is 1. The average molecular weight is 371 g/mol. The van der Waals surface area contributed by atoms with Crippen molar-refractivity contribution in [2.75, 3.05) is 0 Å². The van der Waals surface area contributed by atoms with Gasteiger partial charge in [0.05, 0.1) is 0 Å². The van der Waals surface area contributed by atoms with Gasteiger partial charge in [-0.15, -0.1) is 0 Å². The summed E-state index contributed by atoms with van der Waals surface area (Å²) in [6.07, 6.45) is 5.23. The quantitative estimate of drug-likeness (QED) is 0.695. The van der Waals surface area contributed by atoms with E-state index in [1.165, 1.54) is 30.5 Å². The van der Waals surface area contributed by atoms with Crippen LogP contribution in [0.2, 0.25) is 0 Å². The van der Waals surface area contributed by atoms with Crippen LogP contribution in [0.1, 0.15) is 23.0 Å². The van der Waals surface area contributed by atoms with E-state index in [-0.39, 0.29) is 11.1 Å². The highest BCUT2D eigenvalue weighted by Crippen LogP contribution is 2.23. The lowest BCUT2D eigenvalue weighted by Crippen LogP contribution is -2.30. The number of hydrogen-bond donors (Lipinski definition) is 1. The third kappa shape index (κ3) is 4.08. The first-order valence-electron chi connectivity index (χ1n) is 8.11. The van der Waals surface area contributed by atoms with Crippen LogP contribution < -0.4 is 5.32 Å². The van der Waals surface area contributed by atoms with E-state index in [4.69, 9.17) is 0 Å². The van der Waals surface area contributed by atoms with Gasteiger partial charge in [-0.25, -0.2) is 18.2 Å². The van der Waals surface area contributed by atoms with Gasteiger partial charge in [0.2, 0.25) is 5.91 Å². The van der Waals surface area contributed by atoms with Crippen LogP contribution in [-0.4, -0.2) is 15.5 Å². The number of imidazole rings is 1. The maximum Gasteiger partial charge on any atom is 0.244 e. The van der Waals surface area contributed by atoms with Crippen LogP contribution in [-0.2, 0) is 11.8 Å². The largest absolute Gasteiger partial charge is 0.338 e. The van der Waals surface area contributed by atoms with Crippen LogP contribution in [0.15, 0.2) is 60.9 Å². The fourth-order valence-corrected chi connectivity index (χ4v) is 2.67. The number of rotatable bonds is 5. The molecule has 7 heteroatoms. The Balaban J connectivity index is 1.89. The smallest absolute Gasteiger partial charge is 0.244 e. The third-order valence-electron chi connectivity index (χ3n) is 4.02. The van der Waals surface area contributed by atoms with Crippen molar-refractivity contribution in [2.45, 2.75) is 6.04 Å². The zero-order valence-corrected chi connectivity index (χ0v) is 14.4. The first kappa shape index (κ1) is 18.4. The second-order valence-corrected chi connectivity index (χ2v) is 5.83. The van der Waals surface area contributed by atoms with Crippen LogP contribution in [0, 0.1) is 17.5 Å². The number of nitrogens with zero attached hydrogens (tertiary/aromatic N) is 2. The number of aromatic nitrogens is 2. The second-order valence-electron chi connectivity index (χ2n) is 5.83. The summed E-state index contributed by atoms with van der Waals surface area (Å²) in [6.45, 7) is 0. The molecule has 1 atom stereocenters. The molecule has 0 aliphatic carbocycles. The minimum atomic E-state index is -0.867. The molecule has 1 amide bonds. The molecule has 0 saturated heterocycles. The Labute approximate surface area is 154 Å². The van der Waals surface area contributed by atoms with Gasteiger partial charge in [-0.1, -0.05) is 24.3 Å². The maximum atomic E-state index is 14.3. The standard InChI is InChI=1S/C20H16F3N3O/c1-26-12-11-24-20(26)19(14-5-2-3-6-17(14)23)25-18(27)10-9-13-15(21)7-4-8-16(13)22/h2-12,19H,1H3,(H,25,27)/b10-9+. The molecular formula is C20H16F3N3O. The molecule has 3 rings (SSSR count). The van der Waals surface area contributed by atoms with E-state index in [2.05, 4.69) is 10.3 Å². The second kappa shape index (κ2) is 7.90. The fraction of sp³-hybridized carbons (Fsp3) is 0.100. The molecule has 0 aliphatic rings. The molecule has 3 aromatic rings. The normalized spacial score (nSPS) is 12.3. The summed E-state index contributed by atoms with van der Waals surface area (Å²) in [4.78, 5) is 16.5. The Morgan fingerprint density at radius 3 is 2.37 bits per heavy atom. The number of carbonyl (C=O) groups excluding carboxylic acids is 1. The predicted molar refractivity (Wildman–Crippen MR) is 95.0 cm³/mol. The van der Waals surface area contributed by atoms with Crippen LogP contribution >= 0.6 is 0 Å². The van der Waals surface area contributed by atoms with E-state index in [9.17, 15) is 18.0 Å². The Kier molecular flexibility index (Phi) is 5.40. The molecular weight excluding hydrogens is 355 g/mol. The van der Waals surface area contributed by atoms with Crippen molar-refractivity contribution in [1.82, 2.24) is 14.9 Å². The number of benzene rings is 2. The summed E-state index contributed by atoms with van der Waals surface area (Å²) in [5.74, 6) is -2.30. The van der Waals surface area contributed by atoms with Crippen molar-refractivity contribution in [3.8, 4) is 0 Å². The Morgan fingerprint density at radius 2 is 1.74 bits per heavy atom. The summed E-state index contributed by atoms with van der Waals surface area (Å²) in [6, 6.07) is 8.55. The van der Waals surface area contributed by atoms with Crippen molar-refractivity contribution >= 4 is 12.0 Å². The molecule has 0 radical (unpaired) electrons. The lowest BCUT2D eigenvalue weighted by atomic mass is 10.1. The Hall–Kier alpha value is -3.35. The SMILES string of the molecule is Cn1ccnc1C(NC(=O)/C=C/c1c(F)cccc1F)c1ccccc1F. The van der Waals surface area contributed by atoms with E-state index >= 15 is 0 Å². The molecule has 1 heterocycles. The number of halogens is 3. The molecule has 1 unspecified atom stereocenters. The molecule has 0 aliphatic heterocycles. The highest BCUT2D eigenvalue weighted by molar-refractivity contribution is 5.92. The van der Waals surface area contributed by atoms with Crippen molar-refractivity contribution < 1.29 is 18.0 Å². The van der Waals surface area contributed by atoms with Crippen LogP contribution in [0.4, 0.5) is 13.2 Å². The summed E-state index contributed by atoms with van der Waals surface area (Å²) in [7, 11) is 1.72. The van der Waals surface area contributed by atoms with Crippen molar-refractivity contribution in [1.29, 1.82) is 0 Å². The van der Waals surface area contributed by atoms with E-state index in [0.29, 0.717) is 5.82 Å². The van der Waals surface area contributed by atoms with Crippen LogP contribution in [0.5, 0.6) is 0 Å². The molecule has 4 nitrogen and oxygen atoms in total. The van der Waals surface area contributed by atoms with Crippen LogP contribution in [0.25, 0.3) is 6.08 Å². The molecule has 0 fully saturated rings. The number of carbonyl (C=O) groups is 1. The van der Waals surface area contributed by atoms with E-state index < -0.39 is 29.4 Å². The van der Waals surface area contributed by atoms with Gasteiger partial charge in [0.25, 0.3) is 0 Å². The minimum absolute atomic E-state index is 0.227. The monoisotopic (exact) mass is 371 g/mol. The highest BCUT2D eigenvalue weighted by atomic mass is 19.1. The molecule has 138 valence electrons. The van der Waals surface area contributed by atoms with E-state index in [1.54, 1.807) is 23.9 Å². The zero-order valence-electron chi connectivity index (χ0n) is 14.4. The lowest BCUT2D eigenvalue weighted by molar-refractivity contribution is -0.117. The Morgan fingerprint density at radius 1 is 1.07 bits per heavy atom. The molecule has 1 aromatic heterocycles. The predicted octanol–water partition coefficient (Wildman–Crippen LogP) is 3.76. The number of aryl methyl sites for hydroxylation is 1. The molecule has 0 bridgehead atoms. The third-order valence-corrected chi connectivity index (χ3v) is 4.02. The van der Waals surface area contributed by atoms with Gasteiger partial charge in [-0.3, -0.25) is 4.79 Å². The molecule has 0 spiro atoms. The van der Waals surface area contributed by atoms with E-state index in [0.717, 1.165) is 24.3 Å². The molecule has 27 heavy (non-hydrogen) atoms. The lowest BCUT2D eigenvalue weighted by Gasteiger charge is -2.19. The van der Waals surface area contributed by atoms with Crippen molar-refractivity contribution in [2.24, 2.45) is 7.05 Å². The summed E-state index contributed by atoms with van der Waals surface area (Å²) in [5, 5.41) is 2.63. The van der Waals surface area contributed by atoms with Gasteiger partial charge < -0.3 is 9.88 Å². The zero-order chi connectivity index (χ0) is 19.4. The van der Waals surface area contributed by atoms with E-state index in [1.807, 2.05) is 0 Å². The van der Waals surface area contributed by atoms with Gasteiger partial charge in [0, 0.05) is 36.6 Å². The van der Waals surface area contributed by atoms with Gasteiger partial charge >= 0.3 is 0 Å². The highest BCUT2D eigenvalue weighted by Gasteiger charge is 2.22. The number of amides is 1. The fourth-order valence-electron chi connectivity index (χ4n) is 2.67. The molecule has 0 saturated carbocycles. The Bertz CT molecular complexity index is 977. The summed E-state index contributed by atoms with van der Waals surface area (Å²) < 4.78 is 43.3. The van der Waals surface area contributed by atoms with Gasteiger partial charge in [-0.05, 0) is 24.3 Å². The average Bonchev–Trinajstić information content (AvgIpc) is 3.06.